The lowest BCUT2D eigenvalue weighted by Gasteiger charge is -2.09. The van der Waals surface area contributed by atoms with Crippen LogP contribution in [0.15, 0.2) is 30.5 Å². The van der Waals surface area contributed by atoms with Crippen LogP contribution in [0.5, 0.6) is 5.75 Å². The van der Waals surface area contributed by atoms with Gasteiger partial charge in [0.1, 0.15) is 5.75 Å². The van der Waals surface area contributed by atoms with Crippen LogP contribution in [0.2, 0.25) is 0 Å². The van der Waals surface area contributed by atoms with Crippen LogP contribution in [0.3, 0.4) is 0 Å². The van der Waals surface area contributed by atoms with E-state index in [1.807, 2.05) is 0 Å². The minimum Gasteiger partial charge on any atom is -0.481 e. The highest BCUT2D eigenvalue weighted by Crippen LogP contribution is 2.27. The Morgan fingerprint density at radius 3 is 2.52 bits per heavy atom. The number of halogens is 3. The number of carboxylic acid groups (broad SMARTS) is 1. The molecule has 0 fully saturated rings. The largest absolute Gasteiger partial charge is 0.573 e. The first-order chi connectivity index (χ1) is 9.76. The summed E-state index contributed by atoms with van der Waals surface area (Å²) < 4.78 is 41.3. The topological polar surface area (TPSA) is 68.5 Å². The van der Waals surface area contributed by atoms with Gasteiger partial charge in [-0.15, -0.1) is 13.2 Å². The lowest BCUT2D eigenvalue weighted by Crippen LogP contribution is -2.17. The van der Waals surface area contributed by atoms with Crippen LogP contribution in [0.4, 0.5) is 13.2 Å². The fourth-order valence-corrected chi connectivity index (χ4v) is 1.87. The highest BCUT2D eigenvalue weighted by atomic mass is 19.4. The number of carbonyl (C=O) groups is 2. The third kappa shape index (κ3) is 3.74. The van der Waals surface area contributed by atoms with Crippen molar-refractivity contribution in [3.63, 3.8) is 0 Å². The van der Waals surface area contributed by atoms with Crippen LogP contribution in [-0.4, -0.2) is 27.9 Å². The lowest BCUT2D eigenvalue weighted by atomic mass is 10.2. The van der Waals surface area contributed by atoms with Crippen molar-refractivity contribution >= 4 is 22.8 Å². The minimum atomic E-state index is -4.78. The van der Waals surface area contributed by atoms with E-state index in [0.717, 1.165) is 12.1 Å². The number of carboxylic acids is 1. The summed E-state index contributed by atoms with van der Waals surface area (Å²) in [5.74, 6) is -1.93. The van der Waals surface area contributed by atoms with Gasteiger partial charge in [-0.25, -0.2) is 0 Å². The molecule has 112 valence electrons. The number of carbonyl (C=O) groups excluding carboxylic acids is 1. The number of aromatic nitrogens is 1. The van der Waals surface area contributed by atoms with Crippen molar-refractivity contribution in [2.24, 2.45) is 0 Å². The molecule has 21 heavy (non-hydrogen) atoms. The predicted octanol–water partition coefficient (Wildman–Crippen LogP) is 3.04. The molecule has 1 aromatic heterocycles. The molecule has 0 aliphatic carbocycles. The van der Waals surface area contributed by atoms with E-state index in [1.54, 1.807) is 0 Å². The minimum absolute atomic E-state index is 0.195. The molecule has 0 unspecified atom stereocenters. The lowest BCUT2D eigenvalue weighted by molar-refractivity contribution is -0.274. The zero-order valence-corrected chi connectivity index (χ0v) is 10.6. The zero-order valence-electron chi connectivity index (χ0n) is 10.6. The molecule has 1 N–H and O–H groups in total. The number of benzene rings is 1. The molecule has 2 rings (SSSR count). The van der Waals surface area contributed by atoms with Gasteiger partial charge in [0.05, 0.1) is 11.9 Å². The Hall–Kier alpha value is -2.51. The zero-order chi connectivity index (χ0) is 15.6. The molecule has 0 spiro atoms. The van der Waals surface area contributed by atoms with E-state index in [-0.39, 0.29) is 18.6 Å². The normalized spacial score (nSPS) is 11.6. The van der Waals surface area contributed by atoms with Gasteiger partial charge in [0, 0.05) is 18.0 Å². The van der Waals surface area contributed by atoms with Crippen molar-refractivity contribution in [2.75, 3.05) is 0 Å². The van der Waals surface area contributed by atoms with Crippen LogP contribution in [0.1, 0.15) is 17.6 Å². The maximum absolute atomic E-state index is 12.1. The predicted molar refractivity (Wildman–Crippen MR) is 66.1 cm³/mol. The number of fused-ring (bicyclic) bond motifs is 1. The van der Waals surface area contributed by atoms with Gasteiger partial charge in [0.2, 0.25) is 5.91 Å². The molecular formula is C13H10F3NO4. The molecule has 0 atom stereocenters. The summed E-state index contributed by atoms with van der Waals surface area (Å²) in [6.07, 6.45) is -3.91. The Labute approximate surface area is 116 Å². The summed E-state index contributed by atoms with van der Waals surface area (Å²) in [6, 6.07) is 5.02. The van der Waals surface area contributed by atoms with E-state index in [9.17, 15) is 22.8 Å². The van der Waals surface area contributed by atoms with Crippen molar-refractivity contribution in [2.45, 2.75) is 19.2 Å². The number of ether oxygens (including phenoxy) is 1. The first-order valence-electron chi connectivity index (χ1n) is 5.88. The molecular weight excluding hydrogens is 291 g/mol. The molecule has 0 radical (unpaired) electrons. The van der Waals surface area contributed by atoms with Crippen molar-refractivity contribution in [3.05, 3.63) is 30.5 Å². The number of hydrogen-bond donors (Lipinski definition) is 1. The number of rotatable bonds is 4. The fraction of sp³-hybridized carbons (Fsp3) is 0.231. The maximum Gasteiger partial charge on any atom is 0.573 e. The number of nitrogens with zero attached hydrogens (tertiary/aromatic N) is 1. The van der Waals surface area contributed by atoms with Crippen molar-refractivity contribution in [1.82, 2.24) is 4.57 Å². The standard InChI is InChI=1S/C13H10F3NO4/c14-13(15,16)21-9-1-2-10-8(7-9)5-6-17(10)11(18)3-4-12(19)20/h1-2,5-7H,3-4H2,(H,19,20). The summed E-state index contributed by atoms with van der Waals surface area (Å²) in [5.41, 5.74) is 0.389. The van der Waals surface area contributed by atoms with Crippen molar-refractivity contribution in [3.8, 4) is 5.75 Å². The van der Waals surface area contributed by atoms with Gasteiger partial charge in [-0.3, -0.25) is 14.2 Å². The molecule has 8 heteroatoms. The van der Waals surface area contributed by atoms with Gasteiger partial charge in [-0.05, 0) is 24.3 Å². The molecule has 0 saturated carbocycles. The van der Waals surface area contributed by atoms with E-state index < -0.39 is 18.2 Å². The molecule has 1 aromatic carbocycles. The Kier molecular flexibility index (Phi) is 3.88. The second-order valence-electron chi connectivity index (χ2n) is 4.24. The number of alkyl halides is 3. The van der Waals surface area contributed by atoms with Crippen molar-refractivity contribution < 1.29 is 32.6 Å². The van der Waals surface area contributed by atoms with Crippen LogP contribution < -0.4 is 4.74 Å². The monoisotopic (exact) mass is 301 g/mol. The summed E-state index contributed by atoms with van der Waals surface area (Å²) in [5, 5.41) is 8.92. The van der Waals surface area contributed by atoms with E-state index in [4.69, 9.17) is 5.11 Å². The van der Waals surface area contributed by atoms with Gasteiger partial charge in [-0.1, -0.05) is 0 Å². The van der Waals surface area contributed by atoms with E-state index >= 15 is 0 Å². The van der Waals surface area contributed by atoms with E-state index in [0.29, 0.717) is 10.9 Å². The molecule has 0 aliphatic heterocycles. The van der Waals surface area contributed by atoms with E-state index in [1.165, 1.54) is 22.9 Å². The smallest absolute Gasteiger partial charge is 0.481 e. The van der Waals surface area contributed by atoms with Gasteiger partial charge in [0.25, 0.3) is 0 Å². The van der Waals surface area contributed by atoms with Gasteiger partial charge >= 0.3 is 12.3 Å². The second kappa shape index (κ2) is 5.47. The average molecular weight is 301 g/mol. The highest BCUT2D eigenvalue weighted by Gasteiger charge is 2.31. The average Bonchev–Trinajstić information content (AvgIpc) is 2.77. The first kappa shape index (κ1) is 14.9. The van der Waals surface area contributed by atoms with Crippen LogP contribution in [-0.2, 0) is 4.79 Å². The number of hydrogen-bond acceptors (Lipinski definition) is 3. The summed E-state index contributed by atoms with van der Waals surface area (Å²) in [6.45, 7) is 0. The van der Waals surface area contributed by atoms with Gasteiger partial charge in [0.15, 0.2) is 0 Å². The first-order valence-corrected chi connectivity index (χ1v) is 5.88. The van der Waals surface area contributed by atoms with E-state index in [2.05, 4.69) is 4.74 Å². The van der Waals surface area contributed by atoms with Gasteiger partial charge in [-0.2, -0.15) is 0 Å². The third-order valence-electron chi connectivity index (χ3n) is 2.72. The van der Waals surface area contributed by atoms with Crippen LogP contribution in [0, 0.1) is 0 Å². The Morgan fingerprint density at radius 2 is 1.90 bits per heavy atom. The molecule has 0 bridgehead atoms. The summed E-state index contributed by atoms with van der Waals surface area (Å²) in [7, 11) is 0. The molecule has 2 aromatic rings. The Morgan fingerprint density at radius 1 is 1.19 bits per heavy atom. The second-order valence-corrected chi connectivity index (χ2v) is 4.24. The molecule has 0 aliphatic rings. The molecule has 0 amide bonds. The van der Waals surface area contributed by atoms with Crippen LogP contribution >= 0.6 is 0 Å². The van der Waals surface area contributed by atoms with Crippen LogP contribution in [0.25, 0.3) is 10.9 Å². The quantitative estimate of drug-likeness (QED) is 0.942. The highest BCUT2D eigenvalue weighted by molar-refractivity contribution is 5.94. The maximum atomic E-state index is 12.1. The SMILES string of the molecule is O=C(O)CCC(=O)n1ccc2cc(OC(F)(F)F)ccc21. The van der Waals surface area contributed by atoms with Crippen molar-refractivity contribution in [1.29, 1.82) is 0 Å². The molecule has 5 nitrogen and oxygen atoms in total. The Bertz CT molecular complexity index is 690. The molecule has 0 saturated heterocycles. The summed E-state index contributed by atoms with van der Waals surface area (Å²) >= 11 is 0. The fourth-order valence-electron chi connectivity index (χ4n) is 1.87. The van der Waals surface area contributed by atoms with Gasteiger partial charge < -0.3 is 9.84 Å². The Balaban J connectivity index is 2.25. The molecule has 1 heterocycles. The third-order valence-corrected chi connectivity index (χ3v) is 2.72. The number of aliphatic carboxylic acids is 1. The summed E-state index contributed by atoms with van der Waals surface area (Å²) in [4.78, 5) is 22.3.